The van der Waals surface area contributed by atoms with Gasteiger partial charge in [0, 0.05) is 19.3 Å². The van der Waals surface area contributed by atoms with Crippen molar-refractivity contribution in [2.45, 2.75) is 26.9 Å². The average Bonchev–Trinajstić information content (AvgIpc) is 2.85. The summed E-state index contributed by atoms with van der Waals surface area (Å²) in [6.07, 6.45) is 2.02. The van der Waals surface area contributed by atoms with Crippen LogP contribution in [0.4, 0.5) is 5.69 Å². The Morgan fingerprint density at radius 3 is 2.55 bits per heavy atom. The standard InChI is InChI=1S/C15H21N3O2/c1-5-18-10-13(11(2)17-18)16-9-12-6-7-14(19-3)15(8-12)20-4/h6-8,10,16H,5,9H2,1-4H3. The van der Waals surface area contributed by atoms with Crippen LogP contribution in [0.3, 0.4) is 0 Å². The zero-order valence-corrected chi connectivity index (χ0v) is 12.4. The minimum atomic E-state index is 0.719. The van der Waals surface area contributed by atoms with Crippen LogP contribution in [0.1, 0.15) is 18.2 Å². The summed E-state index contributed by atoms with van der Waals surface area (Å²) in [5, 5.41) is 7.81. The molecule has 0 saturated carbocycles. The van der Waals surface area contributed by atoms with Crippen molar-refractivity contribution in [3.63, 3.8) is 0 Å². The second kappa shape index (κ2) is 6.32. The third kappa shape index (κ3) is 3.04. The predicted molar refractivity (Wildman–Crippen MR) is 79.5 cm³/mol. The maximum absolute atomic E-state index is 5.30. The van der Waals surface area contributed by atoms with Crippen molar-refractivity contribution in [1.29, 1.82) is 0 Å². The van der Waals surface area contributed by atoms with Gasteiger partial charge in [-0.1, -0.05) is 6.07 Å². The fraction of sp³-hybridized carbons (Fsp3) is 0.400. The Hall–Kier alpha value is -2.17. The number of hydrogen-bond donors (Lipinski definition) is 1. The van der Waals surface area contributed by atoms with Crippen LogP contribution in [0.5, 0.6) is 11.5 Å². The van der Waals surface area contributed by atoms with E-state index < -0.39 is 0 Å². The molecule has 20 heavy (non-hydrogen) atoms. The second-order valence-electron chi connectivity index (χ2n) is 4.53. The lowest BCUT2D eigenvalue weighted by atomic mass is 10.2. The predicted octanol–water partition coefficient (Wildman–Crippen LogP) is 2.84. The SMILES string of the molecule is CCn1cc(NCc2ccc(OC)c(OC)c2)c(C)n1. The smallest absolute Gasteiger partial charge is 0.161 e. The first kappa shape index (κ1) is 14.2. The third-order valence-electron chi connectivity index (χ3n) is 3.20. The highest BCUT2D eigenvalue weighted by Crippen LogP contribution is 2.28. The van der Waals surface area contributed by atoms with Gasteiger partial charge in [0.05, 0.1) is 25.6 Å². The summed E-state index contributed by atoms with van der Waals surface area (Å²) < 4.78 is 12.5. The van der Waals surface area contributed by atoms with Crippen molar-refractivity contribution in [2.75, 3.05) is 19.5 Å². The number of aromatic nitrogens is 2. The third-order valence-corrected chi connectivity index (χ3v) is 3.20. The van der Waals surface area contributed by atoms with Gasteiger partial charge in [-0.3, -0.25) is 4.68 Å². The fourth-order valence-electron chi connectivity index (χ4n) is 2.04. The van der Waals surface area contributed by atoms with Crippen LogP contribution in [0.25, 0.3) is 0 Å². The number of aryl methyl sites for hydroxylation is 2. The molecule has 5 heteroatoms. The van der Waals surface area contributed by atoms with Crippen LogP contribution in [0, 0.1) is 6.92 Å². The quantitative estimate of drug-likeness (QED) is 0.880. The molecule has 2 rings (SSSR count). The monoisotopic (exact) mass is 275 g/mol. The lowest BCUT2D eigenvalue weighted by Gasteiger charge is -2.10. The van der Waals surface area contributed by atoms with E-state index in [-0.39, 0.29) is 0 Å². The molecule has 1 N–H and O–H groups in total. The van der Waals surface area contributed by atoms with Gasteiger partial charge in [-0.2, -0.15) is 5.10 Å². The molecule has 0 saturated heterocycles. The van der Waals surface area contributed by atoms with Crippen LogP contribution in [-0.2, 0) is 13.1 Å². The summed E-state index contributed by atoms with van der Waals surface area (Å²) in [5.74, 6) is 1.49. The van der Waals surface area contributed by atoms with Crippen LogP contribution in [0.15, 0.2) is 24.4 Å². The molecule has 0 aliphatic rings. The van der Waals surface area contributed by atoms with Gasteiger partial charge in [0.15, 0.2) is 11.5 Å². The number of methoxy groups -OCH3 is 2. The summed E-state index contributed by atoms with van der Waals surface area (Å²) >= 11 is 0. The average molecular weight is 275 g/mol. The van der Waals surface area contributed by atoms with Gasteiger partial charge in [-0.25, -0.2) is 0 Å². The molecule has 0 atom stereocenters. The molecule has 2 aromatic rings. The topological polar surface area (TPSA) is 48.3 Å². The number of anilines is 1. The summed E-state index contributed by atoms with van der Waals surface area (Å²) in [5.41, 5.74) is 3.19. The maximum Gasteiger partial charge on any atom is 0.161 e. The van der Waals surface area contributed by atoms with E-state index in [0.29, 0.717) is 0 Å². The minimum absolute atomic E-state index is 0.719. The Kier molecular flexibility index (Phi) is 4.50. The van der Waals surface area contributed by atoms with E-state index in [1.165, 1.54) is 0 Å². The van der Waals surface area contributed by atoms with E-state index in [0.717, 1.165) is 41.5 Å². The largest absolute Gasteiger partial charge is 0.493 e. The Morgan fingerprint density at radius 2 is 1.95 bits per heavy atom. The molecule has 1 heterocycles. The molecule has 0 aliphatic carbocycles. The lowest BCUT2D eigenvalue weighted by molar-refractivity contribution is 0.354. The van der Waals surface area contributed by atoms with Crippen molar-refractivity contribution in [2.24, 2.45) is 0 Å². The summed E-state index contributed by atoms with van der Waals surface area (Å²) in [7, 11) is 3.28. The van der Waals surface area contributed by atoms with Gasteiger partial charge in [-0.15, -0.1) is 0 Å². The van der Waals surface area contributed by atoms with Crippen LogP contribution >= 0.6 is 0 Å². The van der Waals surface area contributed by atoms with E-state index in [1.54, 1.807) is 14.2 Å². The van der Waals surface area contributed by atoms with Crippen molar-refractivity contribution in [3.8, 4) is 11.5 Å². The van der Waals surface area contributed by atoms with Gasteiger partial charge >= 0.3 is 0 Å². The summed E-state index contributed by atoms with van der Waals surface area (Å²) in [6.45, 7) is 5.67. The molecule has 108 valence electrons. The molecule has 1 aromatic carbocycles. The Bertz CT molecular complexity index is 578. The molecule has 0 fully saturated rings. The number of benzene rings is 1. The zero-order chi connectivity index (χ0) is 14.5. The van der Waals surface area contributed by atoms with Crippen molar-refractivity contribution in [1.82, 2.24) is 9.78 Å². The van der Waals surface area contributed by atoms with Gasteiger partial charge in [0.25, 0.3) is 0 Å². The van der Waals surface area contributed by atoms with Gasteiger partial charge < -0.3 is 14.8 Å². The molecule has 0 spiro atoms. The Balaban J connectivity index is 2.08. The number of rotatable bonds is 6. The zero-order valence-electron chi connectivity index (χ0n) is 12.4. The van der Waals surface area contributed by atoms with Crippen LogP contribution in [-0.4, -0.2) is 24.0 Å². The molecule has 0 radical (unpaired) electrons. The highest BCUT2D eigenvalue weighted by molar-refractivity contribution is 5.48. The number of hydrogen-bond acceptors (Lipinski definition) is 4. The first-order chi connectivity index (χ1) is 9.67. The first-order valence-electron chi connectivity index (χ1n) is 6.66. The molecule has 5 nitrogen and oxygen atoms in total. The highest BCUT2D eigenvalue weighted by Gasteiger charge is 2.06. The Morgan fingerprint density at radius 1 is 1.20 bits per heavy atom. The normalized spacial score (nSPS) is 10.4. The van der Waals surface area contributed by atoms with E-state index in [9.17, 15) is 0 Å². The minimum Gasteiger partial charge on any atom is -0.493 e. The van der Waals surface area contributed by atoms with Crippen molar-refractivity contribution < 1.29 is 9.47 Å². The molecule has 0 unspecified atom stereocenters. The van der Waals surface area contributed by atoms with Crippen LogP contribution < -0.4 is 14.8 Å². The van der Waals surface area contributed by atoms with Gasteiger partial charge in [-0.05, 0) is 31.5 Å². The van der Waals surface area contributed by atoms with Gasteiger partial charge in [0.1, 0.15) is 0 Å². The number of ether oxygens (including phenoxy) is 2. The molecular formula is C15H21N3O2. The van der Waals surface area contributed by atoms with Gasteiger partial charge in [0.2, 0.25) is 0 Å². The van der Waals surface area contributed by atoms with Crippen molar-refractivity contribution >= 4 is 5.69 Å². The number of nitrogens with zero attached hydrogens (tertiary/aromatic N) is 2. The summed E-state index contributed by atoms with van der Waals surface area (Å²) in [4.78, 5) is 0. The molecular weight excluding hydrogens is 254 g/mol. The fourth-order valence-corrected chi connectivity index (χ4v) is 2.04. The van der Waals surface area contributed by atoms with E-state index in [2.05, 4.69) is 17.3 Å². The molecule has 1 aromatic heterocycles. The second-order valence-corrected chi connectivity index (χ2v) is 4.53. The summed E-state index contributed by atoms with van der Waals surface area (Å²) in [6, 6.07) is 5.91. The maximum atomic E-state index is 5.30. The van der Waals surface area contributed by atoms with Crippen molar-refractivity contribution in [3.05, 3.63) is 35.7 Å². The van der Waals surface area contributed by atoms with Crippen LogP contribution in [0.2, 0.25) is 0 Å². The number of nitrogens with one attached hydrogen (secondary N) is 1. The van der Waals surface area contributed by atoms with E-state index in [1.807, 2.05) is 36.0 Å². The van der Waals surface area contributed by atoms with E-state index in [4.69, 9.17) is 9.47 Å². The molecule has 0 amide bonds. The first-order valence-corrected chi connectivity index (χ1v) is 6.66. The highest BCUT2D eigenvalue weighted by atomic mass is 16.5. The van der Waals surface area contributed by atoms with E-state index >= 15 is 0 Å². The Labute approximate surface area is 119 Å². The lowest BCUT2D eigenvalue weighted by Crippen LogP contribution is -2.01. The molecule has 0 bridgehead atoms. The molecule has 0 aliphatic heterocycles.